The highest BCUT2D eigenvalue weighted by atomic mass is 16.6. The highest BCUT2D eigenvalue weighted by Gasteiger charge is 2.26. The van der Waals surface area contributed by atoms with E-state index in [0.717, 1.165) is 0 Å². The number of aliphatic hydroxyl groups is 1. The predicted octanol–water partition coefficient (Wildman–Crippen LogP) is -0.777. The van der Waals surface area contributed by atoms with E-state index in [-0.39, 0.29) is 6.73 Å². The van der Waals surface area contributed by atoms with E-state index in [2.05, 4.69) is 0 Å². The molecule has 0 aromatic rings. The van der Waals surface area contributed by atoms with Gasteiger partial charge < -0.3 is 21.3 Å². The van der Waals surface area contributed by atoms with Gasteiger partial charge in [0.2, 0.25) is 0 Å². The fourth-order valence-electron chi connectivity index (χ4n) is 0.418. The van der Waals surface area contributed by atoms with Crippen molar-refractivity contribution in [1.29, 1.82) is 0 Å². The molecule has 0 rings (SSSR count). The molecule has 0 aliphatic heterocycles. The van der Waals surface area contributed by atoms with Gasteiger partial charge in [-0.05, 0) is 0 Å². The minimum atomic E-state index is -0.873. The third-order valence-electron chi connectivity index (χ3n) is 1.45. The van der Waals surface area contributed by atoms with Gasteiger partial charge in [0.1, 0.15) is 0 Å². The lowest BCUT2D eigenvalue weighted by molar-refractivity contribution is -0.159. The molecule has 0 saturated heterocycles. The number of rotatable bonds is 4. The van der Waals surface area contributed by atoms with Crippen LogP contribution in [0.4, 0.5) is 0 Å². The molecule has 0 aromatic heterocycles. The van der Waals surface area contributed by atoms with Gasteiger partial charge in [-0.25, -0.2) is 0 Å². The molecule has 0 aliphatic rings. The average molecular weight is 148 g/mol. The first-order chi connectivity index (χ1) is 4.54. The van der Waals surface area contributed by atoms with Crippen molar-refractivity contribution in [2.24, 2.45) is 16.9 Å². The van der Waals surface area contributed by atoms with Crippen LogP contribution in [0.1, 0.15) is 13.8 Å². The third-order valence-corrected chi connectivity index (χ3v) is 1.45. The highest BCUT2D eigenvalue weighted by molar-refractivity contribution is 4.71. The van der Waals surface area contributed by atoms with E-state index in [9.17, 15) is 5.11 Å². The Morgan fingerprint density at radius 3 is 2.30 bits per heavy atom. The average Bonchev–Trinajstić information content (AvgIpc) is 1.89. The van der Waals surface area contributed by atoms with E-state index in [0.29, 0.717) is 6.54 Å². The van der Waals surface area contributed by atoms with Gasteiger partial charge in [0, 0.05) is 12.0 Å². The van der Waals surface area contributed by atoms with E-state index >= 15 is 0 Å². The van der Waals surface area contributed by atoms with Gasteiger partial charge in [0.15, 0.2) is 6.29 Å². The molecule has 0 spiro atoms. The van der Waals surface area contributed by atoms with Crippen LogP contribution in [0.3, 0.4) is 0 Å². The second-order valence-electron chi connectivity index (χ2n) is 2.88. The molecule has 62 valence electrons. The molecule has 0 heterocycles. The minimum absolute atomic E-state index is 0.0184. The molecule has 0 bridgehead atoms. The third kappa shape index (κ3) is 2.62. The Kier molecular flexibility index (Phi) is 3.81. The zero-order valence-electron chi connectivity index (χ0n) is 6.50. The predicted molar refractivity (Wildman–Crippen MR) is 39.0 cm³/mol. The summed E-state index contributed by atoms with van der Waals surface area (Å²) in [5.74, 6) is 0. The smallest absolute Gasteiger partial charge is 0.162 e. The van der Waals surface area contributed by atoms with E-state index in [1.54, 1.807) is 0 Å². The SMILES string of the molecule is CC(C)(CN)C(O)OCN. The zero-order chi connectivity index (χ0) is 8.20. The van der Waals surface area contributed by atoms with Crippen LogP contribution in [-0.4, -0.2) is 24.7 Å². The van der Waals surface area contributed by atoms with E-state index < -0.39 is 11.7 Å². The molecule has 5 N–H and O–H groups in total. The fourth-order valence-corrected chi connectivity index (χ4v) is 0.418. The summed E-state index contributed by atoms with van der Waals surface area (Å²) in [5, 5.41) is 9.19. The normalized spacial score (nSPS) is 15.3. The molecule has 4 heteroatoms. The molecule has 4 nitrogen and oxygen atoms in total. The van der Waals surface area contributed by atoms with Crippen LogP contribution in [0.5, 0.6) is 0 Å². The minimum Gasteiger partial charge on any atom is -0.367 e. The molecule has 0 radical (unpaired) electrons. The van der Waals surface area contributed by atoms with E-state index in [4.69, 9.17) is 16.2 Å². The number of hydrogen-bond acceptors (Lipinski definition) is 4. The van der Waals surface area contributed by atoms with Crippen molar-refractivity contribution in [3.05, 3.63) is 0 Å². The first-order valence-electron chi connectivity index (χ1n) is 3.24. The van der Waals surface area contributed by atoms with Crippen LogP contribution >= 0.6 is 0 Å². The molecular formula is C6H16N2O2. The fraction of sp³-hybridized carbons (Fsp3) is 1.00. The summed E-state index contributed by atoms with van der Waals surface area (Å²) in [7, 11) is 0. The van der Waals surface area contributed by atoms with Gasteiger partial charge in [-0.1, -0.05) is 13.8 Å². The van der Waals surface area contributed by atoms with Crippen molar-refractivity contribution in [1.82, 2.24) is 0 Å². The summed E-state index contributed by atoms with van der Waals surface area (Å²) >= 11 is 0. The molecule has 0 saturated carbocycles. The van der Waals surface area contributed by atoms with Gasteiger partial charge in [0.25, 0.3) is 0 Å². The van der Waals surface area contributed by atoms with Crippen LogP contribution in [0, 0.1) is 5.41 Å². The molecule has 0 aliphatic carbocycles. The standard InChI is InChI=1S/C6H16N2O2/c1-6(2,3-7)5(9)10-4-8/h5,9H,3-4,7-8H2,1-2H3. The number of nitrogens with two attached hydrogens (primary N) is 2. The van der Waals surface area contributed by atoms with Crippen molar-refractivity contribution in [3.8, 4) is 0 Å². The molecule has 1 unspecified atom stereocenters. The second kappa shape index (κ2) is 3.88. The van der Waals surface area contributed by atoms with Crippen molar-refractivity contribution in [2.45, 2.75) is 20.1 Å². The van der Waals surface area contributed by atoms with Crippen LogP contribution < -0.4 is 11.5 Å². The van der Waals surface area contributed by atoms with Gasteiger partial charge in [-0.15, -0.1) is 0 Å². The van der Waals surface area contributed by atoms with Crippen LogP contribution in [0.15, 0.2) is 0 Å². The summed E-state index contributed by atoms with van der Waals surface area (Å²) in [4.78, 5) is 0. The summed E-state index contributed by atoms with van der Waals surface area (Å²) < 4.78 is 4.75. The largest absolute Gasteiger partial charge is 0.367 e. The Hall–Kier alpha value is -0.160. The van der Waals surface area contributed by atoms with Gasteiger partial charge in [-0.2, -0.15) is 0 Å². The second-order valence-corrected chi connectivity index (χ2v) is 2.88. The van der Waals surface area contributed by atoms with E-state index in [1.165, 1.54) is 0 Å². The summed E-state index contributed by atoms with van der Waals surface area (Å²) in [6.07, 6.45) is -0.873. The molecule has 1 atom stereocenters. The topological polar surface area (TPSA) is 81.5 Å². The Morgan fingerprint density at radius 1 is 1.50 bits per heavy atom. The number of hydrogen-bond donors (Lipinski definition) is 3. The zero-order valence-corrected chi connectivity index (χ0v) is 6.50. The number of aliphatic hydroxyl groups excluding tert-OH is 1. The van der Waals surface area contributed by atoms with E-state index in [1.807, 2.05) is 13.8 Å². The Bertz CT molecular complexity index is 95.7. The summed E-state index contributed by atoms with van der Waals surface area (Å²) in [6, 6.07) is 0. The molecule has 0 amide bonds. The van der Waals surface area contributed by atoms with Crippen LogP contribution in [-0.2, 0) is 4.74 Å². The van der Waals surface area contributed by atoms with Crippen molar-refractivity contribution in [2.75, 3.05) is 13.3 Å². The number of ether oxygens (including phenoxy) is 1. The highest BCUT2D eigenvalue weighted by Crippen LogP contribution is 2.18. The maximum Gasteiger partial charge on any atom is 0.162 e. The molecule has 10 heavy (non-hydrogen) atoms. The lowest BCUT2D eigenvalue weighted by Crippen LogP contribution is -2.39. The first-order valence-corrected chi connectivity index (χ1v) is 3.24. The van der Waals surface area contributed by atoms with Gasteiger partial charge >= 0.3 is 0 Å². The maximum atomic E-state index is 9.19. The summed E-state index contributed by atoms with van der Waals surface area (Å²) in [6.45, 7) is 4.01. The van der Waals surface area contributed by atoms with Crippen molar-refractivity contribution >= 4 is 0 Å². The lowest BCUT2D eigenvalue weighted by atomic mass is 9.93. The van der Waals surface area contributed by atoms with Gasteiger partial charge in [-0.3, -0.25) is 0 Å². The summed E-state index contributed by atoms with van der Waals surface area (Å²) in [5.41, 5.74) is 10.00. The van der Waals surface area contributed by atoms with Crippen LogP contribution in [0.2, 0.25) is 0 Å². The monoisotopic (exact) mass is 148 g/mol. The Balaban J connectivity index is 3.78. The Morgan fingerprint density at radius 2 is 2.00 bits per heavy atom. The van der Waals surface area contributed by atoms with Crippen molar-refractivity contribution in [3.63, 3.8) is 0 Å². The van der Waals surface area contributed by atoms with Crippen LogP contribution in [0.25, 0.3) is 0 Å². The quantitative estimate of drug-likeness (QED) is 0.457. The first kappa shape index (κ1) is 9.84. The Labute approximate surface area is 61.2 Å². The lowest BCUT2D eigenvalue weighted by Gasteiger charge is -2.27. The van der Waals surface area contributed by atoms with Gasteiger partial charge in [0.05, 0.1) is 6.73 Å². The van der Waals surface area contributed by atoms with Crippen molar-refractivity contribution < 1.29 is 9.84 Å². The molecule has 0 fully saturated rings. The molecule has 0 aromatic carbocycles. The molecular weight excluding hydrogens is 132 g/mol. The maximum absolute atomic E-state index is 9.19.